The van der Waals surface area contributed by atoms with Crippen LogP contribution in [0.2, 0.25) is 0 Å². The van der Waals surface area contributed by atoms with E-state index in [4.69, 9.17) is 14.2 Å². The van der Waals surface area contributed by atoms with Gasteiger partial charge in [0.05, 0.1) is 6.61 Å². The third kappa shape index (κ3) is 49.6. The quantitative estimate of drug-likeness (QED) is 0.0451. The summed E-state index contributed by atoms with van der Waals surface area (Å²) in [6, 6.07) is 0. The molecule has 0 heterocycles. The molecule has 358 valence electrons. The van der Waals surface area contributed by atoms with Crippen molar-refractivity contribution in [1.29, 1.82) is 0 Å². The Bertz CT molecular complexity index is 830. The Hall–Kier alpha value is -1.10. The Morgan fingerprint density at radius 3 is 0.850 bits per heavy atom. The molecule has 0 fully saturated rings. The van der Waals surface area contributed by atoms with Crippen LogP contribution in [0.15, 0.2) is 0 Å². The lowest BCUT2D eigenvalue weighted by Gasteiger charge is -2.18. The molecule has 0 aliphatic rings. The maximum Gasteiger partial charge on any atom is 0.306 e. The number of rotatable bonds is 52. The molecule has 1 unspecified atom stereocenters. The van der Waals surface area contributed by atoms with Gasteiger partial charge in [0.1, 0.15) is 6.61 Å². The number of carbonyl (C=O) groups excluding carboxylic acids is 2. The normalized spacial score (nSPS) is 12.0. The van der Waals surface area contributed by atoms with Crippen molar-refractivity contribution in [3.05, 3.63) is 0 Å². The summed E-state index contributed by atoms with van der Waals surface area (Å²) in [5.74, 6) is -0.369. The van der Waals surface area contributed by atoms with E-state index in [1.807, 2.05) is 0 Å². The van der Waals surface area contributed by atoms with Gasteiger partial charge < -0.3 is 14.2 Å². The second-order valence-corrected chi connectivity index (χ2v) is 18.9. The van der Waals surface area contributed by atoms with Gasteiger partial charge in [0, 0.05) is 19.4 Å². The summed E-state index contributed by atoms with van der Waals surface area (Å²) in [5.41, 5.74) is 0. The third-order valence-electron chi connectivity index (χ3n) is 12.6. The first-order valence-corrected chi connectivity index (χ1v) is 27.6. The Morgan fingerprint density at radius 1 is 0.300 bits per heavy atom. The molecule has 0 rings (SSSR count). The fourth-order valence-electron chi connectivity index (χ4n) is 8.51. The van der Waals surface area contributed by atoms with Crippen LogP contribution < -0.4 is 0 Å². The highest BCUT2D eigenvalue weighted by molar-refractivity contribution is 5.70. The molecule has 0 aliphatic carbocycles. The number of ether oxygens (including phenoxy) is 3. The summed E-state index contributed by atoms with van der Waals surface area (Å²) in [5, 5.41) is 0. The van der Waals surface area contributed by atoms with Gasteiger partial charge in [-0.1, -0.05) is 284 Å². The number of unbranched alkanes of at least 4 members (excludes halogenated alkanes) is 41. The van der Waals surface area contributed by atoms with Crippen molar-refractivity contribution < 1.29 is 23.8 Å². The molecule has 0 saturated heterocycles. The second kappa shape index (κ2) is 52.2. The molecular weight excluding hydrogens is 741 g/mol. The SMILES string of the molecule is CCCCCCCCCCCCCCCCCCCC(=O)OCC(COCCCCCCCCCCCCCCCCCC)OC(=O)CCCCCCCCCCCCC. The molecule has 0 amide bonds. The third-order valence-corrected chi connectivity index (χ3v) is 12.6. The minimum Gasteiger partial charge on any atom is -0.462 e. The molecule has 0 spiro atoms. The monoisotopic (exact) mass is 849 g/mol. The Morgan fingerprint density at radius 2 is 0.550 bits per heavy atom. The van der Waals surface area contributed by atoms with Crippen LogP contribution in [0, 0.1) is 0 Å². The lowest BCUT2D eigenvalue weighted by molar-refractivity contribution is -0.163. The van der Waals surface area contributed by atoms with E-state index in [1.165, 1.54) is 250 Å². The van der Waals surface area contributed by atoms with Crippen LogP contribution >= 0.6 is 0 Å². The fraction of sp³-hybridized carbons (Fsp3) is 0.964. The summed E-state index contributed by atoms with van der Waals surface area (Å²) in [4.78, 5) is 25.4. The summed E-state index contributed by atoms with van der Waals surface area (Å²) < 4.78 is 17.4. The van der Waals surface area contributed by atoms with Gasteiger partial charge in [0.25, 0.3) is 0 Å². The van der Waals surface area contributed by atoms with E-state index >= 15 is 0 Å². The molecule has 0 aliphatic heterocycles. The maximum absolute atomic E-state index is 12.8. The molecule has 0 bridgehead atoms. The van der Waals surface area contributed by atoms with Crippen molar-refractivity contribution in [3.63, 3.8) is 0 Å². The van der Waals surface area contributed by atoms with Crippen LogP contribution in [0.5, 0.6) is 0 Å². The highest BCUT2D eigenvalue weighted by Gasteiger charge is 2.17. The molecule has 0 aromatic rings. The van der Waals surface area contributed by atoms with Crippen LogP contribution in [0.1, 0.15) is 316 Å². The first-order chi connectivity index (χ1) is 29.6. The van der Waals surface area contributed by atoms with Gasteiger partial charge in [-0.2, -0.15) is 0 Å². The lowest BCUT2D eigenvalue weighted by Crippen LogP contribution is -2.30. The van der Waals surface area contributed by atoms with E-state index in [0.717, 1.165) is 32.1 Å². The first-order valence-electron chi connectivity index (χ1n) is 27.6. The van der Waals surface area contributed by atoms with E-state index in [1.54, 1.807) is 0 Å². The van der Waals surface area contributed by atoms with Gasteiger partial charge in [0.15, 0.2) is 6.10 Å². The minimum atomic E-state index is -0.522. The molecule has 0 aromatic carbocycles. The molecular formula is C55H108O5. The van der Waals surface area contributed by atoms with Crippen LogP contribution in [0.4, 0.5) is 0 Å². The van der Waals surface area contributed by atoms with E-state index in [0.29, 0.717) is 26.1 Å². The standard InChI is InChI=1S/C55H108O5/c1-4-7-10-13-16-19-22-24-26-28-29-31-34-36-39-42-45-48-54(56)59-52-53(60-55(57)49-46-43-40-37-33-21-18-15-12-9-6-3)51-58-50-47-44-41-38-35-32-30-27-25-23-20-17-14-11-8-5-2/h53H,4-52H2,1-3H3. The molecule has 0 saturated carbocycles. The predicted octanol–water partition coefficient (Wildman–Crippen LogP) is 18.5. The summed E-state index contributed by atoms with van der Waals surface area (Å²) >= 11 is 0. The molecule has 5 nitrogen and oxygen atoms in total. The van der Waals surface area contributed by atoms with Gasteiger partial charge in [-0.15, -0.1) is 0 Å². The van der Waals surface area contributed by atoms with Gasteiger partial charge in [0.2, 0.25) is 0 Å². The zero-order valence-electron chi connectivity index (χ0n) is 41.3. The highest BCUT2D eigenvalue weighted by atomic mass is 16.6. The van der Waals surface area contributed by atoms with Crippen molar-refractivity contribution in [2.24, 2.45) is 0 Å². The molecule has 0 radical (unpaired) electrons. The van der Waals surface area contributed by atoms with E-state index in [2.05, 4.69) is 20.8 Å². The van der Waals surface area contributed by atoms with Crippen LogP contribution in [-0.2, 0) is 23.8 Å². The Balaban J connectivity index is 4.14. The molecule has 0 aromatic heterocycles. The number of carbonyl (C=O) groups is 2. The van der Waals surface area contributed by atoms with E-state index in [-0.39, 0.29) is 18.5 Å². The van der Waals surface area contributed by atoms with Crippen molar-refractivity contribution >= 4 is 11.9 Å². The van der Waals surface area contributed by atoms with Crippen molar-refractivity contribution in [1.82, 2.24) is 0 Å². The zero-order chi connectivity index (χ0) is 43.5. The predicted molar refractivity (Wildman–Crippen MR) is 261 cm³/mol. The smallest absolute Gasteiger partial charge is 0.306 e. The number of hydrogen-bond donors (Lipinski definition) is 0. The van der Waals surface area contributed by atoms with Crippen LogP contribution in [-0.4, -0.2) is 37.9 Å². The zero-order valence-corrected chi connectivity index (χ0v) is 41.3. The minimum absolute atomic E-state index is 0.0980. The Labute approximate surface area is 376 Å². The largest absolute Gasteiger partial charge is 0.462 e. The van der Waals surface area contributed by atoms with Crippen molar-refractivity contribution in [2.75, 3.05) is 19.8 Å². The maximum atomic E-state index is 12.8. The number of esters is 2. The average molecular weight is 849 g/mol. The lowest BCUT2D eigenvalue weighted by atomic mass is 10.0. The molecule has 5 heteroatoms. The van der Waals surface area contributed by atoms with Gasteiger partial charge in [-0.05, 0) is 19.3 Å². The summed E-state index contributed by atoms with van der Waals surface area (Å²) in [7, 11) is 0. The van der Waals surface area contributed by atoms with Gasteiger partial charge in [-0.25, -0.2) is 0 Å². The molecule has 60 heavy (non-hydrogen) atoms. The summed E-state index contributed by atoms with van der Waals surface area (Å²) in [6.07, 6.45) is 58.3. The van der Waals surface area contributed by atoms with Gasteiger partial charge in [-0.3, -0.25) is 9.59 Å². The fourth-order valence-corrected chi connectivity index (χ4v) is 8.51. The van der Waals surface area contributed by atoms with Crippen molar-refractivity contribution in [3.8, 4) is 0 Å². The number of hydrogen-bond acceptors (Lipinski definition) is 5. The second-order valence-electron chi connectivity index (χ2n) is 18.9. The van der Waals surface area contributed by atoms with Crippen LogP contribution in [0.3, 0.4) is 0 Å². The highest BCUT2D eigenvalue weighted by Crippen LogP contribution is 2.17. The van der Waals surface area contributed by atoms with Crippen molar-refractivity contribution in [2.45, 2.75) is 322 Å². The Kier molecular flexibility index (Phi) is 51.3. The van der Waals surface area contributed by atoms with E-state index < -0.39 is 6.10 Å². The molecule has 0 N–H and O–H groups in total. The molecule has 1 atom stereocenters. The average Bonchev–Trinajstić information content (AvgIpc) is 3.25. The summed E-state index contributed by atoms with van der Waals surface area (Å²) in [6.45, 7) is 7.91. The topological polar surface area (TPSA) is 61.8 Å². The van der Waals surface area contributed by atoms with E-state index in [9.17, 15) is 9.59 Å². The van der Waals surface area contributed by atoms with Gasteiger partial charge >= 0.3 is 11.9 Å². The van der Waals surface area contributed by atoms with Crippen LogP contribution in [0.25, 0.3) is 0 Å². The first kappa shape index (κ1) is 58.9.